The van der Waals surface area contributed by atoms with Crippen molar-refractivity contribution in [2.45, 2.75) is 44.2 Å². The van der Waals surface area contributed by atoms with Crippen LogP contribution in [-0.4, -0.2) is 41.5 Å². The van der Waals surface area contributed by atoms with Crippen molar-refractivity contribution >= 4 is 5.69 Å². The van der Waals surface area contributed by atoms with Gasteiger partial charge in [0, 0.05) is 30.8 Å². The van der Waals surface area contributed by atoms with Crippen LogP contribution in [0.1, 0.15) is 31.2 Å². The molecule has 1 aromatic rings. The van der Waals surface area contributed by atoms with Crippen LogP contribution in [0.3, 0.4) is 0 Å². The fourth-order valence-corrected chi connectivity index (χ4v) is 3.68. The van der Waals surface area contributed by atoms with E-state index >= 15 is 0 Å². The van der Waals surface area contributed by atoms with Crippen molar-refractivity contribution in [3.05, 3.63) is 39.9 Å². The number of hydrogen-bond acceptors (Lipinski definition) is 4. The molecule has 1 N–H and O–H groups in total. The van der Waals surface area contributed by atoms with E-state index in [0.717, 1.165) is 19.5 Å². The Bertz CT molecular complexity index is 483. The predicted molar refractivity (Wildman–Crippen MR) is 82.4 cm³/mol. The van der Waals surface area contributed by atoms with E-state index in [-0.39, 0.29) is 10.6 Å². The van der Waals surface area contributed by atoms with Gasteiger partial charge in [-0.15, -0.1) is 0 Å². The molecule has 21 heavy (non-hydrogen) atoms. The highest BCUT2D eigenvalue weighted by atomic mass is 16.6. The summed E-state index contributed by atoms with van der Waals surface area (Å²) in [6, 6.07) is 8.34. The molecular formula is C16H23N3O2. The lowest BCUT2D eigenvalue weighted by Gasteiger charge is -2.29. The standard InChI is InChI=1S/C16H23N3O2/c20-19(21)14-7-5-13(6-8-14)9-12-18-11-2-4-16(18)15-3-1-10-17-15/h5-8,15-17H,1-4,9-12H2. The molecule has 5 nitrogen and oxygen atoms in total. The summed E-state index contributed by atoms with van der Waals surface area (Å²) in [5.41, 5.74) is 1.36. The number of likely N-dealkylation sites (tertiary alicyclic amines) is 1. The summed E-state index contributed by atoms with van der Waals surface area (Å²) in [7, 11) is 0. The minimum Gasteiger partial charge on any atom is -0.312 e. The van der Waals surface area contributed by atoms with Crippen molar-refractivity contribution in [1.29, 1.82) is 0 Å². The van der Waals surface area contributed by atoms with Crippen LogP contribution in [0.2, 0.25) is 0 Å². The van der Waals surface area contributed by atoms with Crippen LogP contribution in [0, 0.1) is 10.1 Å². The third-order valence-electron chi connectivity index (χ3n) is 4.81. The van der Waals surface area contributed by atoms with Crippen LogP contribution in [0.4, 0.5) is 5.69 Å². The van der Waals surface area contributed by atoms with Crippen molar-refractivity contribution in [3.63, 3.8) is 0 Å². The van der Waals surface area contributed by atoms with Crippen molar-refractivity contribution in [1.82, 2.24) is 10.2 Å². The second-order valence-corrected chi connectivity index (χ2v) is 6.12. The van der Waals surface area contributed by atoms with E-state index in [9.17, 15) is 10.1 Å². The van der Waals surface area contributed by atoms with Gasteiger partial charge in [0.15, 0.2) is 0 Å². The first-order valence-electron chi connectivity index (χ1n) is 7.95. The van der Waals surface area contributed by atoms with Gasteiger partial charge in [0.05, 0.1) is 4.92 Å². The fraction of sp³-hybridized carbons (Fsp3) is 0.625. The van der Waals surface area contributed by atoms with E-state index < -0.39 is 0 Å². The molecule has 0 radical (unpaired) electrons. The highest BCUT2D eigenvalue weighted by Crippen LogP contribution is 2.25. The van der Waals surface area contributed by atoms with Crippen LogP contribution >= 0.6 is 0 Å². The van der Waals surface area contributed by atoms with E-state index in [1.54, 1.807) is 12.1 Å². The number of nitrogens with one attached hydrogen (secondary N) is 1. The van der Waals surface area contributed by atoms with Crippen LogP contribution < -0.4 is 5.32 Å². The molecule has 2 aliphatic rings. The molecule has 0 aromatic heterocycles. The Labute approximate surface area is 125 Å². The minimum atomic E-state index is -0.341. The maximum atomic E-state index is 10.7. The molecule has 2 fully saturated rings. The Morgan fingerprint density at radius 3 is 2.71 bits per heavy atom. The predicted octanol–water partition coefficient (Wildman–Crippen LogP) is 2.35. The van der Waals surface area contributed by atoms with E-state index in [1.807, 2.05) is 12.1 Å². The lowest BCUT2D eigenvalue weighted by Crippen LogP contribution is -2.44. The van der Waals surface area contributed by atoms with E-state index in [0.29, 0.717) is 12.1 Å². The molecule has 2 atom stereocenters. The van der Waals surface area contributed by atoms with Gasteiger partial charge in [0.25, 0.3) is 5.69 Å². The maximum absolute atomic E-state index is 10.7. The molecule has 0 saturated carbocycles. The van der Waals surface area contributed by atoms with Crippen molar-refractivity contribution in [3.8, 4) is 0 Å². The molecule has 0 bridgehead atoms. The summed E-state index contributed by atoms with van der Waals surface area (Å²) in [5, 5.41) is 14.3. The monoisotopic (exact) mass is 289 g/mol. The van der Waals surface area contributed by atoms with E-state index in [1.165, 1.54) is 37.8 Å². The third-order valence-corrected chi connectivity index (χ3v) is 4.81. The maximum Gasteiger partial charge on any atom is 0.269 e. The van der Waals surface area contributed by atoms with E-state index in [4.69, 9.17) is 0 Å². The molecule has 2 aliphatic heterocycles. The van der Waals surface area contributed by atoms with Crippen molar-refractivity contribution < 1.29 is 4.92 Å². The fourth-order valence-electron chi connectivity index (χ4n) is 3.68. The Balaban J connectivity index is 1.55. The molecule has 5 heteroatoms. The summed E-state index contributed by atoms with van der Waals surface area (Å²) >= 11 is 0. The van der Waals surface area contributed by atoms with Gasteiger partial charge in [-0.25, -0.2) is 0 Å². The summed E-state index contributed by atoms with van der Waals surface area (Å²) in [4.78, 5) is 12.9. The number of benzene rings is 1. The van der Waals surface area contributed by atoms with Gasteiger partial charge in [-0.1, -0.05) is 12.1 Å². The topological polar surface area (TPSA) is 58.4 Å². The Hall–Kier alpha value is -1.46. The number of nitro groups is 1. The first kappa shape index (κ1) is 14.5. The SMILES string of the molecule is O=[N+]([O-])c1ccc(CCN2CCCC2C2CCCN2)cc1. The number of non-ortho nitro benzene ring substituents is 1. The highest BCUT2D eigenvalue weighted by Gasteiger charge is 2.32. The summed E-state index contributed by atoms with van der Waals surface area (Å²) < 4.78 is 0. The average Bonchev–Trinajstić information content (AvgIpc) is 3.16. The van der Waals surface area contributed by atoms with Crippen LogP contribution in [-0.2, 0) is 6.42 Å². The summed E-state index contributed by atoms with van der Waals surface area (Å²) in [5.74, 6) is 0. The van der Waals surface area contributed by atoms with Crippen molar-refractivity contribution in [2.75, 3.05) is 19.6 Å². The summed E-state index contributed by atoms with van der Waals surface area (Å²) in [6.07, 6.45) is 6.18. The Kier molecular flexibility index (Phi) is 4.51. The van der Waals surface area contributed by atoms with Gasteiger partial charge in [-0.3, -0.25) is 15.0 Å². The van der Waals surface area contributed by atoms with Crippen LogP contribution in [0.5, 0.6) is 0 Å². The number of nitrogens with zero attached hydrogens (tertiary/aromatic N) is 2. The normalized spacial score (nSPS) is 26.3. The Morgan fingerprint density at radius 2 is 2.05 bits per heavy atom. The van der Waals surface area contributed by atoms with Crippen molar-refractivity contribution in [2.24, 2.45) is 0 Å². The zero-order chi connectivity index (χ0) is 14.7. The largest absolute Gasteiger partial charge is 0.312 e. The lowest BCUT2D eigenvalue weighted by molar-refractivity contribution is -0.384. The molecule has 0 spiro atoms. The van der Waals surface area contributed by atoms with Gasteiger partial charge >= 0.3 is 0 Å². The molecule has 2 unspecified atom stereocenters. The lowest BCUT2D eigenvalue weighted by atomic mass is 10.0. The Morgan fingerprint density at radius 1 is 1.24 bits per heavy atom. The molecule has 114 valence electrons. The molecule has 0 amide bonds. The molecule has 0 aliphatic carbocycles. The number of nitro benzene ring substituents is 1. The van der Waals surface area contributed by atoms with Crippen LogP contribution in [0.25, 0.3) is 0 Å². The third kappa shape index (κ3) is 3.41. The number of rotatable bonds is 5. The number of hydrogen-bond donors (Lipinski definition) is 1. The second-order valence-electron chi connectivity index (χ2n) is 6.12. The second kappa shape index (κ2) is 6.54. The summed E-state index contributed by atoms with van der Waals surface area (Å²) in [6.45, 7) is 3.41. The van der Waals surface area contributed by atoms with Gasteiger partial charge in [-0.05, 0) is 50.8 Å². The molecule has 2 saturated heterocycles. The quantitative estimate of drug-likeness (QED) is 0.668. The average molecular weight is 289 g/mol. The minimum absolute atomic E-state index is 0.174. The van der Waals surface area contributed by atoms with E-state index in [2.05, 4.69) is 10.2 Å². The van der Waals surface area contributed by atoms with Gasteiger partial charge in [0.1, 0.15) is 0 Å². The molecule has 1 aromatic carbocycles. The first-order chi connectivity index (χ1) is 10.2. The zero-order valence-corrected chi connectivity index (χ0v) is 12.3. The zero-order valence-electron chi connectivity index (χ0n) is 12.3. The first-order valence-corrected chi connectivity index (χ1v) is 7.95. The van der Waals surface area contributed by atoms with Gasteiger partial charge in [0.2, 0.25) is 0 Å². The molecule has 3 rings (SSSR count). The highest BCUT2D eigenvalue weighted by molar-refractivity contribution is 5.32. The van der Waals surface area contributed by atoms with Crippen LogP contribution in [0.15, 0.2) is 24.3 Å². The molecular weight excluding hydrogens is 266 g/mol. The smallest absolute Gasteiger partial charge is 0.269 e. The van der Waals surface area contributed by atoms with Gasteiger partial charge < -0.3 is 5.32 Å². The van der Waals surface area contributed by atoms with Gasteiger partial charge in [-0.2, -0.15) is 0 Å². The molecule has 2 heterocycles.